The molecule has 2 aliphatic heterocycles. The largest absolute Gasteiger partial charge is 0.438 e. The maximum Gasteiger partial charge on any atom is 0.300 e. The summed E-state index contributed by atoms with van der Waals surface area (Å²) in [5.41, 5.74) is 1.60. The van der Waals surface area contributed by atoms with Crippen molar-refractivity contribution in [3.8, 4) is 0 Å². The zero-order valence-electron chi connectivity index (χ0n) is 18.7. The van der Waals surface area contributed by atoms with Gasteiger partial charge >= 0.3 is 5.91 Å². The van der Waals surface area contributed by atoms with Crippen molar-refractivity contribution in [2.75, 3.05) is 4.90 Å². The summed E-state index contributed by atoms with van der Waals surface area (Å²) in [6, 6.07) is 37.5. The van der Waals surface area contributed by atoms with Crippen LogP contribution in [-0.2, 0) is 19.9 Å². The molecular formula is C30H20N2O3. The van der Waals surface area contributed by atoms with Gasteiger partial charge in [-0.15, -0.1) is 0 Å². The Morgan fingerprint density at radius 2 is 1.20 bits per heavy atom. The molecule has 0 radical (unpaired) electrons. The van der Waals surface area contributed by atoms with Gasteiger partial charge in [-0.2, -0.15) is 0 Å². The van der Waals surface area contributed by atoms with E-state index in [9.17, 15) is 9.59 Å². The summed E-state index contributed by atoms with van der Waals surface area (Å²) in [5.74, 6) is -0.616. The van der Waals surface area contributed by atoms with E-state index in [4.69, 9.17) is 9.73 Å². The van der Waals surface area contributed by atoms with Gasteiger partial charge in [0.1, 0.15) is 5.76 Å². The van der Waals surface area contributed by atoms with Crippen LogP contribution in [0, 0.1) is 0 Å². The number of nitrogens with zero attached hydrogens (tertiary/aromatic N) is 2. The SMILES string of the molecule is O=C1C(=O)N(c2ccccc2)[C@@]2(c3ccccc3)C(=Nc3ccccc3)OC(c3ccccc3)=C12. The average Bonchev–Trinajstić information content (AvgIpc) is 3.37. The van der Waals surface area contributed by atoms with Crippen molar-refractivity contribution in [1.29, 1.82) is 0 Å². The molecule has 1 saturated heterocycles. The van der Waals surface area contributed by atoms with Crippen molar-refractivity contribution in [2.24, 2.45) is 4.99 Å². The van der Waals surface area contributed by atoms with Crippen molar-refractivity contribution in [2.45, 2.75) is 5.54 Å². The lowest BCUT2D eigenvalue weighted by Gasteiger charge is -2.35. The molecule has 0 aromatic heterocycles. The molecule has 1 fully saturated rings. The molecule has 2 heterocycles. The number of carbonyl (C=O) groups is 2. The highest BCUT2D eigenvalue weighted by Gasteiger charge is 2.66. The van der Waals surface area contributed by atoms with Crippen molar-refractivity contribution in [1.82, 2.24) is 0 Å². The van der Waals surface area contributed by atoms with Crippen LogP contribution < -0.4 is 4.90 Å². The molecule has 4 aromatic rings. The lowest BCUT2D eigenvalue weighted by molar-refractivity contribution is -0.132. The number of hydrogen-bond acceptors (Lipinski definition) is 4. The summed E-state index contributed by atoms with van der Waals surface area (Å²) >= 11 is 0. The lowest BCUT2D eigenvalue weighted by Crippen LogP contribution is -2.49. The van der Waals surface area contributed by atoms with E-state index in [1.54, 1.807) is 0 Å². The number of benzene rings is 4. The molecule has 0 bridgehead atoms. The van der Waals surface area contributed by atoms with E-state index in [0.29, 0.717) is 22.7 Å². The molecule has 0 aliphatic carbocycles. The number of amides is 1. The van der Waals surface area contributed by atoms with Gasteiger partial charge in [-0.05, 0) is 29.8 Å². The van der Waals surface area contributed by atoms with Crippen molar-refractivity contribution in [3.05, 3.63) is 138 Å². The fourth-order valence-electron chi connectivity index (χ4n) is 4.81. The highest BCUT2D eigenvalue weighted by Crippen LogP contribution is 2.54. The highest BCUT2D eigenvalue weighted by atomic mass is 16.5. The highest BCUT2D eigenvalue weighted by molar-refractivity contribution is 6.55. The molecule has 5 heteroatoms. The summed E-state index contributed by atoms with van der Waals surface area (Å²) in [6.45, 7) is 0. The number of Topliss-reactive ketones (excluding diaryl/α,β-unsaturated/α-hetero) is 1. The standard InChI is InChI=1S/C30H20N2O3/c33-26-25-27(21-13-5-1-6-14-21)35-29(31-23-17-9-3-10-18-23)30(25,22-15-7-2-8-16-22)32(28(26)34)24-19-11-4-12-20-24/h1-20H/t30-/m1/s1. The second kappa shape index (κ2) is 8.22. The first kappa shape index (κ1) is 20.8. The van der Waals surface area contributed by atoms with Crippen LogP contribution in [0.25, 0.3) is 5.76 Å². The quantitative estimate of drug-likeness (QED) is 0.372. The normalized spacial score (nSPS) is 20.3. The molecule has 0 N–H and O–H groups in total. The van der Waals surface area contributed by atoms with Crippen LogP contribution in [0.15, 0.2) is 132 Å². The van der Waals surface area contributed by atoms with E-state index in [-0.39, 0.29) is 11.5 Å². The number of anilines is 1. The number of hydrogen-bond donors (Lipinski definition) is 0. The topological polar surface area (TPSA) is 59.0 Å². The third-order valence-electron chi connectivity index (χ3n) is 6.29. The Morgan fingerprint density at radius 3 is 1.83 bits per heavy atom. The number of rotatable bonds is 4. The van der Waals surface area contributed by atoms with Gasteiger partial charge in [0.25, 0.3) is 5.78 Å². The number of carbonyl (C=O) groups excluding carboxylic acids is 2. The van der Waals surface area contributed by atoms with Crippen LogP contribution in [0.3, 0.4) is 0 Å². The minimum absolute atomic E-state index is 0.256. The maximum atomic E-state index is 13.7. The Bertz CT molecular complexity index is 1480. The first-order valence-electron chi connectivity index (χ1n) is 11.3. The van der Waals surface area contributed by atoms with E-state index in [1.807, 2.05) is 121 Å². The molecule has 1 amide bonds. The van der Waals surface area contributed by atoms with Gasteiger partial charge in [-0.25, -0.2) is 4.99 Å². The van der Waals surface area contributed by atoms with E-state index in [0.717, 1.165) is 5.56 Å². The molecule has 2 aliphatic rings. The number of fused-ring (bicyclic) bond motifs is 1. The molecular weight excluding hydrogens is 436 g/mol. The molecule has 0 spiro atoms. The van der Waals surface area contributed by atoms with Gasteiger partial charge in [0.15, 0.2) is 5.54 Å². The van der Waals surface area contributed by atoms with Gasteiger partial charge in [0.05, 0.1) is 11.3 Å². The molecule has 35 heavy (non-hydrogen) atoms. The Morgan fingerprint density at radius 1 is 0.657 bits per heavy atom. The van der Waals surface area contributed by atoms with Gasteiger partial charge in [-0.3, -0.25) is 14.5 Å². The summed E-state index contributed by atoms with van der Waals surface area (Å²) in [7, 11) is 0. The zero-order chi connectivity index (χ0) is 23.8. The van der Waals surface area contributed by atoms with E-state index in [1.165, 1.54) is 4.90 Å². The first-order chi connectivity index (χ1) is 17.2. The van der Waals surface area contributed by atoms with Gasteiger partial charge in [0, 0.05) is 11.3 Å². The average molecular weight is 457 g/mol. The van der Waals surface area contributed by atoms with E-state index >= 15 is 0 Å². The minimum Gasteiger partial charge on any atom is -0.438 e. The summed E-state index contributed by atoms with van der Waals surface area (Å²) in [4.78, 5) is 33.9. The molecule has 1 atom stereocenters. The van der Waals surface area contributed by atoms with Gasteiger partial charge in [0.2, 0.25) is 5.90 Å². The van der Waals surface area contributed by atoms with Crippen LogP contribution in [0.4, 0.5) is 11.4 Å². The summed E-state index contributed by atoms with van der Waals surface area (Å²) < 4.78 is 6.46. The summed E-state index contributed by atoms with van der Waals surface area (Å²) in [5, 5.41) is 0. The zero-order valence-corrected chi connectivity index (χ0v) is 18.7. The second-order valence-corrected chi connectivity index (χ2v) is 8.31. The first-order valence-corrected chi connectivity index (χ1v) is 11.3. The van der Waals surface area contributed by atoms with Crippen molar-refractivity contribution >= 4 is 34.7 Å². The number of ketones is 1. The fraction of sp³-hybridized carbons (Fsp3) is 0.0333. The van der Waals surface area contributed by atoms with Crippen LogP contribution in [0.5, 0.6) is 0 Å². The molecule has 4 aromatic carbocycles. The Balaban J connectivity index is 1.73. The monoisotopic (exact) mass is 456 g/mol. The predicted octanol–water partition coefficient (Wildman–Crippen LogP) is 5.67. The van der Waals surface area contributed by atoms with Crippen molar-refractivity contribution < 1.29 is 14.3 Å². The second-order valence-electron chi connectivity index (χ2n) is 8.31. The van der Waals surface area contributed by atoms with Crippen LogP contribution in [0.1, 0.15) is 11.1 Å². The Kier molecular flexibility index (Phi) is 4.89. The fourth-order valence-corrected chi connectivity index (χ4v) is 4.81. The van der Waals surface area contributed by atoms with E-state index < -0.39 is 17.2 Å². The maximum absolute atomic E-state index is 13.7. The number of ether oxygens (including phenoxy) is 1. The molecule has 6 rings (SSSR count). The number of aliphatic imine (C=N–C) groups is 1. The van der Waals surface area contributed by atoms with Crippen LogP contribution in [0.2, 0.25) is 0 Å². The third kappa shape index (κ3) is 3.13. The summed E-state index contributed by atoms with van der Waals surface area (Å²) in [6.07, 6.45) is 0. The molecule has 5 nitrogen and oxygen atoms in total. The molecule has 168 valence electrons. The smallest absolute Gasteiger partial charge is 0.300 e. The van der Waals surface area contributed by atoms with Crippen LogP contribution >= 0.6 is 0 Å². The third-order valence-corrected chi connectivity index (χ3v) is 6.29. The lowest BCUT2D eigenvalue weighted by atomic mass is 9.82. The number of para-hydroxylation sites is 2. The Hall–Kier alpha value is -4.77. The van der Waals surface area contributed by atoms with E-state index in [2.05, 4.69) is 0 Å². The minimum atomic E-state index is -1.35. The van der Waals surface area contributed by atoms with Crippen molar-refractivity contribution in [3.63, 3.8) is 0 Å². The van der Waals surface area contributed by atoms with Gasteiger partial charge in [-0.1, -0.05) is 97.1 Å². The van der Waals surface area contributed by atoms with Crippen LogP contribution in [-0.4, -0.2) is 17.6 Å². The predicted molar refractivity (Wildman–Crippen MR) is 135 cm³/mol. The molecule has 0 unspecified atom stereocenters. The Labute approximate surface area is 202 Å². The van der Waals surface area contributed by atoms with Gasteiger partial charge < -0.3 is 4.74 Å². The molecule has 0 saturated carbocycles.